The first kappa shape index (κ1) is 18.5. The molecule has 0 bridgehead atoms. The normalized spacial score (nSPS) is 15.1. The maximum absolute atomic E-state index is 6.25. The van der Waals surface area contributed by atoms with E-state index in [0.717, 1.165) is 35.5 Å². The maximum Gasteiger partial charge on any atom is 0.225 e. The number of hydrogen-bond acceptors (Lipinski definition) is 7. The van der Waals surface area contributed by atoms with E-state index in [0.29, 0.717) is 17.4 Å². The van der Waals surface area contributed by atoms with Gasteiger partial charge in [0.1, 0.15) is 11.6 Å². The van der Waals surface area contributed by atoms with Crippen molar-refractivity contribution in [3.05, 3.63) is 24.3 Å². The Morgan fingerprint density at radius 2 is 1.86 bits per heavy atom. The van der Waals surface area contributed by atoms with Gasteiger partial charge < -0.3 is 20.7 Å². The van der Waals surface area contributed by atoms with E-state index in [2.05, 4.69) is 20.3 Å². The zero-order valence-corrected chi connectivity index (χ0v) is 16.5. The summed E-state index contributed by atoms with van der Waals surface area (Å²) < 4.78 is 6.91. The summed E-state index contributed by atoms with van der Waals surface area (Å²) in [7, 11) is 3.47. The van der Waals surface area contributed by atoms with Crippen LogP contribution in [0.25, 0.3) is 22.3 Å². The number of hydrogen-bond donors (Lipinski definition) is 2. The summed E-state index contributed by atoms with van der Waals surface area (Å²) in [6.45, 7) is 4.14. The van der Waals surface area contributed by atoms with Crippen molar-refractivity contribution in [2.45, 2.75) is 19.3 Å². The molecule has 1 aromatic carbocycles. The van der Waals surface area contributed by atoms with Crippen LogP contribution in [0.15, 0.2) is 24.3 Å². The molecule has 0 amide bonds. The Labute approximate surface area is 164 Å². The third-order valence-corrected chi connectivity index (χ3v) is 5.26. The molecule has 0 aliphatic carbocycles. The van der Waals surface area contributed by atoms with Crippen molar-refractivity contribution in [1.29, 1.82) is 0 Å². The van der Waals surface area contributed by atoms with Crippen LogP contribution in [-0.4, -0.2) is 57.9 Å². The van der Waals surface area contributed by atoms with Gasteiger partial charge in [0.15, 0.2) is 5.65 Å². The molecule has 0 atom stereocenters. The van der Waals surface area contributed by atoms with Gasteiger partial charge in [0.25, 0.3) is 0 Å². The van der Waals surface area contributed by atoms with Gasteiger partial charge in [0.05, 0.1) is 18.2 Å². The van der Waals surface area contributed by atoms with Gasteiger partial charge in [-0.25, -0.2) is 4.98 Å². The number of fused-ring (bicyclic) bond motifs is 1. The quantitative estimate of drug-likeness (QED) is 0.677. The molecule has 1 fully saturated rings. The number of aromatic nitrogens is 4. The highest BCUT2D eigenvalue weighted by Gasteiger charge is 2.17. The van der Waals surface area contributed by atoms with Crippen LogP contribution in [0.4, 0.5) is 11.8 Å². The van der Waals surface area contributed by atoms with E-state index in [4.69, 9.17) is 15.5 Å². The van der Waals surface area contributed by atoms with Gasteiger partial charge in [-0.3, -0.25) is 4.68 Å². The molecule has 28 heavy (non-hydrogen) atoms. The number of nitrogens with two attached hydrogens (primary N) is 1. The summed E-state index contributed by atoms with van der Waals surface area (Å²) in [6, 6.07) is 7.79. The largest absolute Gasteiger partial charge is 0.497 e. The number of aryl methyl sites for hydroxylation is 1. The highest BCUT2D eigenvalue weighted by Crippen LogP contribution is 2.31. The predicted molar refractivity (Wildman–Crippen MR) is 111 cm³/mol. The van der Waals surface area contributed by atoms with Crippen molar-refractivity contribution in [1.82, 2.24) is 24.6 Å². The fourth-order valence-corrected chi connectivity index (χ4v) is 3.66. The average molecular weight is 381 g/mol. The molecule has 0 unspecified atom stereocenters. The van der Waals surface area contributed by atoms with E-state index in [1.807, 2.05) is 31.3 Å². The topological polar surface area (TPSA) is 94.1 Å². The summed E-state index contributed by atoms with van der Waals surface area (Å²) in [5.41, 5.74) is 8.57. The SMILES string of the molecule is COc1ccc(-c2nc(NCCN3CCCCC3)nc3nn(C)c(N)c23)cc1. The second-order valence-corrected chi connectivity index (χ2v) is 7.16. The highest BCUT2D eigenvalue weighted by atomic mass is 16.5. The van der Waals surface area contributed by atoms with E-state index in [-0.39, 0.29) is 0 Å². The summed E-state index contributed by atoms with van der Waals surface area (Å²) in [6.07, 6.45) is 3.92. The first-order chi connectivity index (χ1) is 13.7. The number of benzene rings is 1. The van der Waals surface area contributed by atoms with Crippen molar-refractivity contribution in [3.8, 4) is 17.0 Å². The molecule has 2 aromatic heterocycles. The fraction of sp³-hybridized carbons (Fsp3) is 0.450. The van der Waals surface area contributed by atoms with Gasteiger partial charge in [-0.15, -0.1) is 0 Å². The minimum Gasteiger partial charge on any atom is -0.497 e. The Morgan fingerprint density at radius 1 is 1.11 bits per heavy atom. The molecule has 0 saturated carbocycles. The third kappa shape index (κ3) is 3.73. The lowest BCUT2D eigenvalue weighted by Crippen LogP contribution is -2.33. The summed E-state index contributed by atoms with van der Waals surface area (Å²) in [5.74, 6) is 1.93. The summed E-state index contributed by atoms with van der Waals surface area (Å²) in [4.78, 5) is 11.8. The summed E-state index contributed by atoms with van der Waals surface area (Å²) in [5, 5.41) is 8.60. The van der Waals surface area contributed by atoms with E-state index in [9.17, 15) is 0 Å². The number of ether oxygens (including phenoxy) is 1. The standard InChI is InChI=1S/C20H27N7O/c1-26-18(21)16-17(14-6-8-15(28-2)9-7-14)23-20(24-19(16)25-26)22-10-13-27-11-4-3-5-12-27/h6-9H,3-5,10-13,21H2,1-2H3,(H,22,24,25). The number of piperidine rings is 1. The van der Waals surface area contributed by atoms with E-state index < -0.39 is 0 Å². The smallest absolute Gasteiger partial charge is 0.225 e. The number of methoxy groups -OCH3 is 1. The van der Waals surface area contributed by atoms with Gasteiger partial charge in [-0.1, -0.05) is 6.42 Å². The molecule has 4 rings (SSSR count). The molecule has 3 aromatic rings. The molecule has 0 spiro atoms. The Balaban J connectivity index is 1.62. The molecule has 8 nitrogen and oxygen atoms in total. The molecule has 3 heterocycles. The molecular formula is C20H27N7O. The lowest BCUT2D eigenvalue weighted by molar-refractivity contribution is 0.237. The van der Waals surface area contributed by atoms with Crippen LogP contribution in [0.2, 0.25) is 0 Å². The van der Waals surface area contributed by atoms with Crippen LogP contribution >= 0.6 is 0 Å². The predicted octanol–water partition coefficient (Wildman–Crippen LogP) is 2.52. The molecule has 1 saturated heterocycles. The third-order valence-electron chi connectivity index (χ3n) is 5.26. The first-order valence-corrected chi connectivity index (χ1v) is 9.76. The number of rotatable bonds is 6. The molecular weight excluding hydrogens is 354 g/mol. The van der Waals surface area contributed by atoms with Crippen molar-refractivity contribution < 1.29 is 4.74 Å². The van der Waals surface area contributed by atoms with Crippen LogP contribution in [0.1, 0.15) is 19.3 Å². The maximum atomic E-state index is 6.25. The lowest BCUT2D eigenvalue weighted by Gasteiger charge is -2.26. The monoisotopic (exact) mass is 381 g/mol. The molecule has 1 aliphatic heterocycles. The second-order valence-electron chi connectivity index (χ2n) is 7.16. The van der Waals surface area contributed by atoms with E-state index in [1.54, 1.807) is 11.8 Å². The Morgan fingerprint density at radius 3 is 2.57 bits per heavy atom. The molecule has 1 aliphatic rings. The second kappa shape index (κ2) is 8.02. The minimum absolute atomic E-state index is 0.556. The van der Waals surface area contributed by atoms with E-state index in [1.165, 1.54) is 32.4 Å². The first-order valence-electron chi connectivity index (χ1n) is 9.76. The van der Waals surface area contributed by atoms with Crippen LogP contribution in [0.5, 0.6) is 5.75 Å². The van der Waals surface area contributed by atoms with Crippen molar-refractivity contribution in [2.75, 3.05) is 44.3 Å². The Kier molecular flexibility index (Phi) is 5.29. The highest BCUT2D eigenvalue weighted by molar-refractivity contribution is 5.98. The number of nitrogens with one attached hydrogen (secondary N) is 1. The number of nitrogens with zero attached hydrogens (tertiary/aromatic N) is 5. The van der Waals surface area contributed by atoms with Gasteiger partial charge in [0, 0.05) is 25.7 Å². The van der Waals surface area contributed by atoms with Gasteiger partial charge >= 0.3 is 0 Å². The summed E-state index contributed by atoms with van der Waals surface area (Å²) >= 11 is 0. The van der Waals surface area contributed by atoms with Crippen molar-refractivity contribution >= 4 is 22.8 Å². The van der Waals surface area contributed by atoms with Gasteiger partial charge in [-0.2, -0.15) is 10.1 Å². The van der Waals surface area contributed by atoms with Gasteiger partial charge in [0.2, 0.25) is 5.95 Å². The van der Waals surface area contributed by atoms with Crippen LogP contribution < -0.4 is 15.8 Å². The number of likely N-dealkylation sites (tertiary alicyclic amines) is 1. The Hall–Kier alpha value is -2.87. The number of nitrogen functional groups attached to an aromatic ring is 1. The molecule has 148 valence electrons. The zero-order chi connectivity index (χ0) is 19.5. The lowest BCUT2D eigenvalue weighted by atomic mass is 10.1. The minimum atomic E-state index is 0.556. The van der Waals surface area contributed by atoms with Crippen LogP contribution in [0.3, 0.4) is 0 Å². The van der Waals surface area contributed by atoms with Crippen LogP contribution in [-0.2, 0) is 7.05 Å². The Bertz CT molecular complexity index is 945. The van der Waals surface area contributed by atoms with Gasteiger partial charge in [-0.05, 0) is 50.2 Å². The fourth-order valence-electron chi connectivity index (χ4n) is 3.66. The van der Waals surface area contributed by atoms with Crippen LogP contribution in [0, 0.1) is 0 Å². The molecule has 3 N–H and O–H groups in total. The van der Waals surface area contributed by atoms with E-state index >= 15 is 0 Å². The average Bonchev–Trinajstić information content (AvgIpc) is 3.02. The molecule has 0 radical (unpaired) electrons. The van der Waals surface area contributed by atoms with Crippen molar-refractivity contribution in [3.63, 3.8) is 0 Å². The number of anilines is 2. The van der Waals surface area contributed by atoms with Crippen molar-refractivity contribution in [2.24, 2.45) is 7.05 Å². The molecule has 8 heteroatoms. The zero-order valence-electron chi connectivity index (χ0n) is 16.5.